The Bertz CT molecular complexity index is 971. The van der Waals surface area contributed by atoms with Gasteiger partial charge in [-0.3, -0.25) is 24.3 Å². The molecule has 2 aliphatic rings. The maximum atomic E-state index is 12.4. The molecule has 0 bridgehead atoms. The van der Waals surface area contributed by atoms with Gasteiger partial charge in [0.2, 0.25) is 12.3 Å². The summed E-state index contributed by atoms with van der Waals surface area (Å²) in [5, 5.41) is 22.3. The summed E-state index contributed by atoms with van der Waals surface area (Å²) in [4.78, 5) is 23.4. The van der Waals surface area contributed by atoms with Crippen molar-refractivity contribution in [1.82, 2.24) is 20.2 Å². The minimum atomic E-state index is -0.543. The molecule has 2 aromatic rings. The van der Waals surface area contributed by atoms with E-state index in [-0.39, 0.29) is 12.3 Å². The van der Waals surface area contributed by atoms with E-state index in [4.69, 9.17) is 18.9 Å². The van der Waals surface area contributed by atoms with Gasteiger partial charge in [0.25, 0.3) is 5.91 Å². The zero-order chi connectivity index (χ0) is 26.5. The van der Waals surface area contributed by atoms with Crippen molar-refractivity contribution in [2.24, 2.45) is 0 Å². The first-order valence-corrected chi connectivity index (χ1v) is 13.0. The number of nitrogens with zero attached hydrogens (tertiary/aromatic N) is 3. The average molecular weight is 533 g/mol. The van der Waals surface area contributed by atoms with Crippen LogP contribution < -0.4 is 14.8 Å². The highest BCUT2D eigenvalue weighted by Gasteiger charge is 2.23. The summed E-state index contributed by atoms with van der Waals surface area (Å²) < 4.78 is 15.4. The topological polar surface area (TPSA) is 142 Å². The van der Waals surface area contributed by atoms with Crippen molar-refractivity contribution < 1.29 is 23.0 Å². The second kappa shape index (κ2) is 15.6. The highest BCUT2D eigenvalue weighted by Crippen LogP contribution is 2.29. The number of aliphatic hydroxyl groups is 1. The van der Waals surface area contributed by atoms with Gasteiger partial charge < -0.3 is 24.7 Å². The number of rotatable bonds is 12. The number of methoxy groups -OCH3 is 1. The number of hydrogen-bond donors (Lipinski definition) is 4. The van der Waals surface area contributed by atoms with E-state index in [2.05, 4.69) is 37.2 Å². The van der Waals surface area contributed by atoms with Gasteiger partial charge in [-0.2, -0.15) is 0 Å². The number of hydrogen-bond acceptors (Lipinski definition) is 11. The number of piperazine rings is 1. The van der Waals surface area contributed by atoms with E-state index in [1.54, 1.807) is 37.6 Å². The van der Waals surface area contributed by atoms with E-state index < -0.39 is 5.91 Å². The third-order valence-corrected chi connectivity index (χ3v) is 6.10. The molecule has 202 valence electrons. The van der Waals surface area contributed by atoms with E-state index in [9.17, 15) is 4.79 Å². The fraction of sp³-hybridized carbons (Fsp3) is 0.520. The molecule has 1 aromatic heterocycles. The standard InChI is InChI=1S/C21H26N6O3S.C4H10O2/c1-14-12-27(9-8-23-14)13-16-10-25-19(11-24-16)26-21(28)20(22)15-2-4-17(5-3-15)29-31-30-18-6-7-18;1-6-4-2-3-5/h2-5,10-11,14,18,22-23H,6-9,12-13H2,1H3,(H,25,26,28);5H,2-4H2,1H3/t14-;/m0./s1. The molecule has 4 rings (SSSR count). The highest BCUT2D eigenvalue weighted by atomic mass is 32.2. The first kappa shape index (κ1) is 29.0. The zero-order valence-corrected chi connectivity index (χ0v) is 22.1. The van der Waals surface area contributed by atoms with Crippen molar-refractivity contribution in [3.63, 3.8) is 0 Å². The van der Waals surface area contributed by atoms with E-state index in [1.807, 2.05) is 0 Å². The lowest BCUT2D eigenvalue weighted by Crippen LogP contribution is -2.48. The largest absolute Gasteiger partial charge is 0.400 e. The number of ether oxygens (including phenoxy) is 1. The summed E-state index contributed by atoms with van der Waals surface area (Å²) in [6.07, 6.45) is 6.38. The normalized spacial score (nSPS) is 17.4. The molecule has 1 saturated carbocycles. The van der Waals surface area contributed by atoms with Crippen LogP contribution in [0.3, 0.4) is 0 Å². The van der Waals surface area contributed by atoms with Gasteiger partial charge >= 0.3 is 0 Å². The van der Waals surface area contributed by atoms with E-state index in [0.717, 1.165) is 63.5 Å². The number of anilines is 1. The van der Waals surface area contributed by atoms with Crippen LogP contribution in [0.4, 0.5) is 5.82 Å². The first-order chi connectivity index (χ1) is 18.0. The Labute approximate surface area is 222 Å². The van der Waals surface area contributed by atoms with Crippen molar-refractivity contribution in [3.05, 3.63) is 47.9 Å². The molecule has 1 aliphatic carbocycles. The number of benzene rings is 1. The minimum Gasteiger partial charge on any atom is -0.400 e. The molecule has 11 nitrogen and oxygen atoms in total. The summed E-state index contributed by atoms with van der Waals surface area (Å²) in [5.74, 6) is 0.377. The summed E-state index contributed by atoms with van der Waals surface area (Å²) in [7, 11) is 1.62. The Morgan fingerprint density at radius 3 is 2.65 bits per heavy atom. The van der Waals surface area contributed by atoms with E-state index in [1.165, 1.54) is 6.20 Å². The number of carbonyl (C=O) groups is 1. The SMILES string of the molecule is COCCCO.C[C@H]1CN(Cc2cnc(NC(=O)C(=N)c3ccc(OSOC4CC4)cc3)cn2)CCN1. The number of nitrogens with one attached hydrogen (secondary N) is 3. The predicted octanol–water partition coefficient (Wildman–Crippen LogP) is 2.41. The lowest BCUT2D eigenvalue weighted by atomic mass is 10.1. The molecule has 0 radical (unpaired) electrons. The Morgan fingerprint density at radius 1 is 1.27 bits per heavy atom. The number of carbonyl (C=O) groups excluding carboxylic acids is 1. The predicted molar refractivity (Wildman–Crippen MR) is 143 cm³/mol. The lowest BCUT2D eigenvalue weighted by molar-refractivity contribution is -0.110. The van der Waals surface area contributed by atoms with Gasteiger partial charge in [0.15, 0.2) is 5.82 Å². The van der Waals surface area contributed by atoms with Crippen LogP contribution in [0.25, 0.3) is 0 Å². The van der Waals surface area contributed by atoms with E-state index in [0.29, 0.717) is 35.9 Å². The molecule has 2 fully saturated rings. The minimum absolute atomic E-state index is 0.158. The number of amides is 1. The highest BCUT2D eigenvalue weighted by molar-refractivity contribution is 7.90. The molecule has 1 saturated heterocycles. The van der Waals surface area contributed by atoms with Gasteiger partial charge in [-0.25, -0.2) is 4.98 Å². The van der Waals surface area contributed by atoms with Crippen molar-refractivity contribution in [1.29, 1.82) is 5.41 Å². The number of aliphatic hydroxyl groups excluding tert-OH is 1. The molecule has 0 spiro atoms. The molecule has 1 atom stereocenters. The smallest absolute Gasteiger partial charge is 0.275 e. The summed E-state index contributed by atoms with van der Waals surface area (Å²) >= 11 is 0.957. The molecule has 1 aliphatic heterocycles. The quantitative estimate of drug-likeness (QED) is 0.183. The second-order valence-corrected chi connectivity index (χ2v) is 9.35. The third-order valence-electron chi connectivity index (χ3n) is 5.49. The molecular formula is C25H36N6O5S. The van der Waals surface area contributed by atoms with Gasteiger partial charge in [-0.15, -0.1) is 0 Å². The summed E-state index contributed by atoms with van der Waals surface area (Å²) in [5.41, 5.74) is 1.17. The van der Waals surface area contributed by atoms with Crippen LogP contribution in [-0.4, -0.2) is 83.7 Å². The molecule has 4 N–H and O–H groups in total. The van der Waals surface area contributed by atoms with Crippen LogP contribution in [0.5, 0.6) is 5.75 Å². The van der Waals surface area contributed by atoms with Crippen LogP contribution >= 0.6 is 12.3 Å². The fourth-order valence-electron chi connectivity index (χ4n) is 3.36. The van der Waals surface area contributed by atoms with Gasteiger partial charge in [-0.05, 0) is 50.5 Å². The molecule has 1 amide bonds. The van der Waals surface area contributed by atoms with Crippen molar-refractivity contribution >= 4 is 29.8 Å². The molecule has 37 heavy (non-hydrogen) atoms. The maximum absolute atomic E-state index is 12.4. The van der Waals surface area contributed by atoms with Gasteiger partial charge in [0, 0.05) is 58.1 Å². The Balaban J connectivity index is 0.000000568. The third kappa shape index (κ3) is 10.7. The molecule has 12 heteroatoms. The summed E-state index contributed by atoms with van der Waals surface area (Å²) in [6.45, 7) is 6.68. The second-order valence-electron chi connectivity index (χ2n) is 8.85. The monoisotopic (exact) mass is 532 g/mol. The Hall–Kier alpha value is -2.61. The van der Waals surface area contributed by atoms with Gasteiger partial charge in [0.05, 0.1) is 24.2 Å². The maximum Gasteiger partial charge on any atom is 0.275 e. The van der Waals surface area contributed by atoms with Crippen molar-refractivity contribution in [3.8, 4) is 5.75 Å². The number of aromatic nitrogens is 2. The lowest BCUT2D eigenvalue weighted by Gasteiger charge is -2.31. The molecule has 2 heterocycles. The van der Waals surface area contributed by atoms with Crippen molar-refractivity contribution in [2.45, 2.75) is 44.9 Å². The van der Waals surface area contributed by atoms with Crippen LogP contribution in [-0.2, 0) is 20.3 Å². The van der Waals surface area contributed by atoms with Crippen molar-refractivity contribution in [2.75, 3.05) is 45.3 Å². The van der Waals surface area contributed by atoms with Gasteiger partial charge in [0.1, 0.15) is 11.5 Å². The summed E-state index contributed by atoms with van der Waals surface area (Å²) in [6, 6.07) is 7.19. The Morgan fingerprint density at radius 2 is 2.05 bits per heavy atom. The molecular weight excluding hydrogens is 496 g/mol. The van der Waals surface area contributed by atoms with Gasteiger partial charge in [-0.1, -0.05) is 0 Å². The Kier molecular flexibility index (Phi) is 12.2. The van der Waals surface area contributed by atoms with Crippen LogP contribution in [0.1, 0.15) is 37.4 Å². The zero-order valence-electron chi connectivity index (χ0n) is 21.3. The average Bonchev–Trinajstić information content (AvgIpc) is 3.73. The fourth-order valence-corrected chi connectivity index (χ4v) is 3.89. The van der Waals surface area contributed by atoms with Crippen LogP contribution in [0.15, 0.2) is 36.7 Å². The van der Waals surface area contributed by atoms with E-state index >= 15 is 0 Å². The first-order valence-electron chi connectivity index (χ1n) is 12.3. The molecule has 1 aromatic carbocycles. The van der Waals surface area contributed by atoms with Crippen LogP contribution in [0.2, 0.25) is 0 Å². The van der Waals surface area contributed by atoms with Crippen LogP contribution in [0, 0.1) is 5.41 Å². The molecule has 0 unspecified atom stereocenters.